The van der Waals surface area contributed by atoms with Crippen LogP contribution in [0.25, 0.3) is 6.08 Å². The molecule has 1 amide bonds. The lowest BCUT2D eigenvalue weighted by Gasteiger charge is -2.22. The van der Waals surface area contributed by atoms with Gasteiger partial charge in [0.1, 0.15) is 11.9 Å². The number of carbonyl (C=O) groups excluding carboxylic acids is 1. The molecule has 1 heterocycles. The lowest BCUT2D eigenvalue weighted by Crippen LogP contribution is -2.23. The Morgan fingerprint density at radius 1 is 1.25 bits per heavy atom. The standard InChI is InChI=1S/C19H23NO4/c1-14-15(13-16-7-4-5-8-17(16)24-14)10-11-18(21)20-12-6-2-3-9-19(22)23/h4-5,7-8,10-11,13-14H,2-3,6,9,12H2,1H3,(H,20,21)(H,22,23). The van der Waals surface area contributed by atoms with Crippen LogP contribution in [0.4, 0.5) is 0 Å². The summed E-state index contributed by atoms with van der Waals surface area (Å²) in [6.07, 6.45) is 7.62. The van der Waals surface area contributed by atoms with Gasteiger partial charge in [0.05, 0.1) is 0 Å². The Labute approximate surface area is 142 Å². The van der Waals surface area contributed by atoms with Crippen molar-refractivity contribution in [2.45, 2.75) is 38.7 Å². The van der Waals surface area contributed by atoms with Crippen LogP contribution in [0.5, 0.6) is 5.75 Å². The molecule has 1 unspecified atom stereocenters. The van der Waals surface area contributed by atoms with Crippen molar-refractivity contribution in [3.63, 3.8) is 0 Å². The van der Waals surface area contributed by atoms with E-state index >= 15 is 0 Å². The van der Waals surface area contributed by atoms with Crippen LogP contribution in [-0.4, -0.2) is 29.6 Å². The molecule has 1 aromatic rings. The molecule has 0 bridgehead atoms. The fourth-order valence-corrected chi connectivity index (χ4v) is 2.47. The molecule has 0 aromatic heterocycles. The van der Waals surface area contributed by atoms with Gasteiger partial charge in [-0.3, -0.25) is 9.59 Å². The Balaban J connectivity index is 1.77. The van der Waals surface area contributed by atoms with E-state index < -0.39 is 5.97 Å². The van der Waals surface area contributed by atoms with Crippen molar-refractivity contribution in [1.82, 2.24) is 5.32 Å². The smallest absolute Gasteiger partial charge is 0.303 e. The number of unbranched alkanes of at least 4 members (excludes halogenated alkanes) is 2. The highest BCUT2D eigenvalue weighted by molar-refractivity contribution is 5.88. The summed E-state index contributed by atoms with van der Waals surface area (Å²) in [5, 5.41) is 11.3. The molecule has 5 heteroatoms. The summed E-state index contributed by atoms with van der Waals surface area (Å²) in [6, 6.07) is 7.79. The Bertz CT molecular complexity index is 649. The number of carboxylic acid groups (broad SMARTS) is 1. The zero-order valence-corrected chi connectivity index (χ0v) is 13.8. The van der Waals surface area contributed by atoms with E-state index in [1.165, 1.54) is 6.08 Å². The molecule has 1 aliphatic rings. The number of hydrogen-bond acceptors (Lipinski definition) is 3. The lowest BCUT2D eigenvalue weighted by molar-refractivity contribution is -0.137. The summed E-state index contributed by atoms with van der Waals surface area (Å²) < 4.78 is 5.82. The molecular formula is C19H23NO4. The van der Waals surface area contributed by atoms with Crippen molar-refractivity contribution in [3.05, 3.63) is 47.6 Å². The molecule has 2 rings (SSSR count). The van der Waals surface area contributed by atoms with Gasteiger partial charge in [-0.05, 0) is 43.6 Å². The van der Waals surface area contributed by atoms with Crippen LogP contribution in [-0.2, 0) is 9.59 Å². The van der Waals surface area contributed by atoms with E-state index in [4.69, 9.17) is 9.84 Å². The van der Waals surface area contributed by atoms with E-state index in [2.05, 4.69) is 5.32 Å². The van der Waals surface area contributed by atoms with Crippen molar-refractivity contribution < 1.29 is 19.4 Å². The molecule has 0 spiro atoms. The van der Waals surface area contributed by atoms with E-state index in [1.54, 1.807) is 6.08 Å². The number of nitrogens with one attached hydrogen (secondary N) is 1. The molecule has 0 saturated carbocycles. The Kier molecular flexibility index (Phi) is 6.61. The van der Waals surface area contributed by atoms with Gasteiger partial charge in [-0.25, -0.2) is 0 Å². The second-order valence-corrected chi connectivity index (χ2v) is 5.77. The number of rotatable bonds is 8. The van der Waals surface area contributed by atoms with Crippen LogP contribution in [0.2, 0.25) is 0 Å². The maximum absolute atomic E-state index is 11.8. The minimum Gasteiger partial charge on any atom is -0.485 e. The van der Waals surface area contributed by atoms with E-state index in [0.29, 0.717) is 13.0 Å². The van der Waals surface area contributed by atoms with Crippen LogP contribution >= 0.6 is 0 Å². The van der Waals surface area contributed by atoms with Crippen LogP contribution in [0.1, 0.15) is 38.2 Å². The summed E-state index contributed by atoms with van der Waals surface area (Å²) in [4.78, 5) is 22.2. The second-order valence-electron chi connectivity index (χ2n) is 5.77. The number of ether oxygens (including phenoxy) is 1. The van der Waals surface area contributed by atoms with Crippen molar-refractivity contribution >= 4 is 18.0 Å². The first-order valence-corrected chi connectivity index (χ1v) is 8.21. The van der Waals surface area contributed by atoms with Gasteiger partial charge in [-0.1, -0.05) is 24.6 Å². The summed E-state index contributed by atoms with van der Waals surface area (Å²) in [7, 11) is 0. The maximum atomic E-state index is 11.8. The van der Waals surface area contributed by atoms with Gasteiger partial charge in [-0.15, -0.1) is 0 Å². The van der Waals surface area contributed by atoms with Crippen molar-refractivity contribution in [1.29, 1.82) is 0 Å². The minimum atomic E-state index is -0.777. The molecule has 5 nitrogen and oxygen atoms in total. The molecule has 0 radical (unpaired) electrons. The lowest BCUT2D eigenvalue weighted by atomic mass is 10.0. The average molecular weight is 329 g/mol. The topological polar surface area (TPSA) is 75.6 Å². The number of benzene rings is 1. The SMILES string of the molecule is CC1Oc2ccccc2C=C1C=CC(=O)NCCCCCC(=O)O. The zero-order chi connectivity index (χ0) is 17.4. The van der Waals surface area contributed by atoms with Gasteiger partial charge in [-0.2, -0.15) is 0 Å². The summed E-state index contributed by atoms with van der Waals surface area (Å²) in [5.74, 6) is -0.0752. The van der Waals surface area contributed by atoms with E-state index in [0.717, 1.165) is 29.7 Å². The van der Waals surface area contributed by atoms with Crippen LogP contribution in [0.15, 0.2) is 42.0 Å². The average Bonchev–Trinajstić information content (AvgIpc) is 2.55. The molecule has 0 aliphatic carbocycles. The van der Waals surface area contributed by atoms with Crippen LogP contribution < -0.4 is 10.1 Å². The fraction of sp³-hybridized carbons (Fsp3) is 0.368. The molecule has 0 fully saturated rings. The predicted octanol–water partition coefficient (Wildman–Crippen LogP) is 3.17. The van der Waals surface area contributed by atoms with E-state index in [1.807, 2.05) is 37.3 Å². The van der Waals surface area contributed by atoms with Gasteiger partial charge in [0.25, 0.3) is 0 Å². The number of carbonyl (C=O) groups is 2. The summed E-state index contributed by atoms with van der Waals surface area (Å²) >= 11 is 0. The minimum absolute atomic E-state index is 0.0973. The third kappa shape index (κ3) is 5.57. The third-order valence-electron chi connectivity index (χ3n) is 3.81. The Hall–Kier alpha value is -2.56. The van der Waals surface area contributed by atoms with Gasteiger partial charge in [0.2, 0.25) is 5.91 Å². The Morgan fingerprint density at radius 3 is 2.83 bits per heavy atom. The second kappa shape index (κ2) is 8.91. The highest BCUT2D eigenvalue weighted by Gasteiger charge is 2.16. The van der Waals surface area contributed by atoms with Crippen LogP contribution in [0.3, 0.4) is 0 Å². The quantitative estimate of drug-likeness (QED) is 0.567. The molecule has 1 aliphatic heterocycles. The molecule has 2 N–H and O–H groups in total. The molecule has 128 valence electrons. The number of fused-ring (bicyclic) bond motifs is 1. The van der Waals surface area contributed by atoms with Crippen LogP contribution in [0, 0.1) is 0 Å². The highest BCUT2D eigenvalue weighted by atomic mass is 16.5. The fourth-order valence-electron chi connectivity index (χ4n) is 2.47. The number of para-hydroxylation sites is 1. The predicted molar refractivity (Wildman–Crippen MR) is 92.8 cm³/mol. The normalized spacial score (nSPS) is 16.2. The first-order chi connectivity index (χ1) is 11.6. The molecule has 0 saturated heterocycles. The number of hydrogen-bond donors (Lipinski definition) is 2. The number of carboxylic acids is 1. The number of amides is 1. The van der Waals surface area contributed by atoms with E-state index in [9.17, 15) is 9.59 Å². The molecule has 1 atom stereocenters. The first-order valence-electron chi connectivity index (χ1n) is 8.21. The van der Waals surface area contributed by atoms with Gasteiger partial charge in [0, 0.05) is 24.6 Å². The largest absolute Gasteiger partial charge is 0.485 e. The zero-order valence-electron chi connectivity index (χ0n) is 13.8. The van der Waals surface area contributed by atoms with Gasteiger partial charge < -0.3 is 15.2 Å². The van der Waals surface area contributed by atoms with E-state index in [-0.39, 0.29) is 18.4 Å². The van der Waals surface area contributed by atoms with Crippen molar-refractivity contribution in [2.75, 3.05) is 6.54 Å². The van der Waals surface area contributed by atoms with Crippen molar-refractivity contribution in [2.24, 2.45) is 0 Å². The summed E-state index contributed by atoms with van der Waals surface area (Å²) in [5.41, 5.74) is 1.96. The Morgan fingerprint density at radius 2 is 2.04 bits per heavy atom. The third-order valence-corrected chi connectivity index (χ3v) is 3.81. The van der Waals surface area contributed by atoms with Crippen molar-refractivity contribution in [3.8, 4) is 5.75 Å². The van der Waals surface area contributed by atoms with Gasteiger partial charge in [0.15, 0.2) is 0 Å². The first kappa shape index (κ1) is 17.8. The maximum Gasteiger partial charge on any atom is 0.303 e. The highest BCUT2D eigenvalue weighted by Crippen LogP contribution is 2.29. The molecular weight excluding hydrogens is 306 g/mol. The van der Waals surface area contributed by atoms with Gasteiger partial charge >= 0.3 is 5.97 Å². The summed E-state index contributed by atoms with van der Waals surface area (Å²) in [6.45, 7) is 2.50. The monoisotopic (exact) mass is 329 g/mol. The molecule has 24 heavy (non-hydrogen) atoms. The number of aliphatic carboxylic acids is 1. The molecule has 1 aromatic carbocycles.